The second kappa shape index (κ2) is 11.7. The molecule has 1 saturated heterocycles. The summed E-state index contributed by atoms with van der Waals surface area (Å²) in [7, 11) is 1.63. The average molecular weight is 554 g/mol. The molecule has 8 heteroatoms. The largest absolute Gasteiger partial charge is 0.493 e. The van der Waals surface area contributed by atoms with E-state index in [2.05, 4.69) is 29.4 Å². The maximum atomic E-state index is 13.7. The molecule has 1 aliphatic carbocycles. The van der Waals surface area contributed by atoms with Gasteiger partial charge in [-0.3, -0.25) is 9.59 Å². The zero-order valence-corrected chi connectivity index (χ0v) is 23.5. The van der Waals surface area contributed by atoms with Gasteiger partial charge >= 0.3 is 0 Å². The first kappa shape index (κ1) is 27.0. The van der Waals surface area contributed by atoms with Crippen LogP contribution < -0.4 is 15.0 Å². The summed E-state index contributed by atoms with van der Waals surface area (Å²) < 4.78 is 19.2. The molecule has 212 valence electrons. The van der Waals surface area contributed by atoms with E-state index in [1.807, 2.05) is 43.3 Å². The Bertz CT molecular complexity index is 1600. The summed E-state index contributed by atoms with van der Waals surface area (Å²) in [6.07, 6.45) is 3.63. The van der Waals surface area contributed by atoms with Crippen molar-refractivity contribution in [2.75, 3.05) is 20.3 Å². The van der Waals surface area contributed by atoms with Crippen molar-refractivity contribution in [3.05, 3.63) is 99.5 Å². The van der Waals surface area contributed by atoms with E-state index >= 15 is 0 Å². The Labute approximate surface area is 239 Å². The van der Waals surface area contributed by atoms with E-state index in [0.717, 1.165) is 36.6 Å². The Balaban J connectivity index is 1.21. The van der Waals surface area contributed by atoms with Gasteiger partial charge in [0.1, 0.15) is 12.6 Å². The fourth-order valence-corrected chi connectivity index (χ4v) is 5.94. The third-order valence-corrected chi connectivity index (χ3v) is 8.05. The molecule has 1 amide bonds. The van der Waals surface area contributed by atoms with Crippen molar-refractivity contribution in [2.24, 2.45) is 0 Å². The highest BCUT2D eigenvalue weighted by Crippen LogP contribution is 2.33. The summed E-state index contributed by atoms with van der Waals surface area (Å²) in [5.74, 6) is 1.13. The van der Waals surface area contributed by atoms with Crippen molar-refractivity contribution >= 4 is 16.7 Å². The number of fused-ring (bicyclic) bond motifs is 2. The standard InChI is InChI=1S/C33H35N3O5/c1-22-28-11-5-6-12-29(28)33(38)36(34-22)21-32(37)35(20-26-10-7-15-40-26)19-23-13-14-30(31(16-23)39-2)41-27-17-24-8-3-4-9-25(24)18-27/h3-6,8-9,11-14,16,26-27H,7,10,15,17-21H2,1-2H3. The molecule has 1 fully saturated rings. The topological polar surface area (TPSA) is 82.9 Å². The summed E-state index contributed by atoms with van der Waals surface area (Å²) in [5.41, 5.74) is 4.00. The van der Waals surface area contributed by atoms with Crippen molar-refractivity contribution in [1.29, 1.82) is 0 Å². The average Bonchev–Trinajstić information content (AvgIpc) is 3.65. The Kier molecular flexibility index (Phi) is 7.74. The summed E-state index contributed by atoms with van der Waals surface area (Å²) in [5, 5.41) is 5.81. The number of carbonyl (C=O) groups excluding carboxylic acids is 1. The van der Waals surface area contributed by atoms with E-state index in [1.54, 1.807) is 18.1 Å². The molecule has 0 spiro atoms. The number of carbonyl (C=O) groups is 1. The molecule has 0 radical (unpaired) electrons. The van der Waals surface area contributed by atoms with Crippen LogP contribution in [0.2, 0.25) is 0 Å². The molecule has 1 aromatic heterocycles. The molecule has 0 saturated carbocycles. The van der Waals surface area contributed by atoms with Crippen LogP contribution in [-0.4, -0.2) is 53.1 Å². The molecule has 0 N–H and O–H groups in total. The lowest BCUT2D eigenvalue weighted by atomic mass is 10.1. The highest BCUT2D eigenvalue weighted by molar-refractivity contribution is 5.83. The molecule has 3 aromatic carbocycles. The molecule has 1 atom stereocenters. The van der Waals surface area contributed by atoms with Crippen LogP contribution in [0.4, 0.5) is 0 Å². The molecule has 2 heterocycles. The molecule has 8 nitrogen and oxygen atoms in total. The second-order valence-electron chi connectivity index (χ2n) is 10.9. The van der Waals surface area contributed by atoms with Crippen molar-refractivity contribution < 1.29 is 19.0 Å². The Hall–Kier alpha value is -4.17. The number of benzene rings is 3. The third-order valence-electron chi connectivity index (χ3n) is 8.05. The van der Waals surface area contributed by atoms with Crippen molar-refractivity contribution in [3.63, 3.8) is 0 Å². The van der Waals surface area contributed by atoms with Crippen LogP contribution >= 0.6 is 0 Å². The number of aromatic nitrogens is 2. The Morgan fingerprint density at radius 3 is 2.46 bits per heavy atom. The number of aryl methyl sites for hydroxylation is 1. The molecule has 1 unspecified atom stereocenters. The van der Waals surface area contributed by atoms with Gasteiger partial charge in [0.25, 0.3) is 5.56 Å². The zero-order valence-electron chi connectivity index (χ0n) is 23.5. The first-order chi connectivity index (χ1) is 20.0. The van der Waals surface area contributed by atoms with Gasteiger partial charge in [-0.1, -0.05) is 48.5 Å². The Morgan fingerprint density at radius 2 is 1.76 bits per heavy atom. The van der Waals surface area contributed by atoms with E-state index in [0.29, 0.717) is 42.3 Å². The number of methoxy groups -OCH3 is 1. The summed E-state index contributed by atoms with van der Waals surface area (Å²) in [6, 6.07) is 21.6. The van der Waals surface area contributed by atoms with Gasteiger partial charge in [-0.2, -0.15) is 5.10 Å². The first-order valence-corrected chi connectivity index (χ1v) is 14.2. The smallest absolute Gasteiger partial charge is 0.275 e. The number of amides is 1. The minimum absolute atomic E-state index is 0.0320. The lowest BCUT2D eigenvalue weighted by Crippen LogP contribution is -2.41. The fourth-order valence-electron chi connectivity index (χ4n) is 5.94. The molecule has 4 aromatic rings. The van der Waals surface area contributed by atoms with Crippen LogP contribution in [0.15, 0.2) is 71.5 Å². The molecule has 2 aliphatic rings. The fraction of sp³-hybridized carbons (Fsp3) is 0.364. The van der Waals surface area contributed by atoms with E-state index < -0.39 is 0 Å². The number of rotatable bonds is 9. The summed E-state index contributed by atoms with van der Waals surface area (Å²) >= 11 is 0. The van der Waals surface area contributed by atoms with Gasteiger partial charge in [-0.25, -0.2) is 4.68 Å². The predicted octanol–water partition coefficient (Wildman–Crippen LogP) is 4.47. The second-order valence-corrected chi connectivity index (χ2v) is 10.9. The minimum atomic E-state index is -0.270. The third kappa shape index (κ3) is 5.84. The van der Waals surface area contributed by atoms with Crippen LogP contribution in [0.5, 0.6) is 11.5 Å². The van der Waals surface area contributed by atoms with Gasteiger partial charge in [0, 0.05) is 37.9 Å². The van der Waals surface area contributed by atoms with E-state index in [9.17, 15) is 9.59 Å². The van der Waals surface area contributed by atoms with Crippen LogP contribution in [0.3, 0.4) is 0 Å². The minimum Gasteiger partial charge on any atom is -0.493 e. The molecule has 0 bridgehead atoms. The molecular formula is C33H35N3O5. The SMILES string of the molecule is COc1cc(CN(CC2CCCO2)C(=O)Cn2nc(C)c3ccccc3c2=O)ccc1OC1Cc2ccccc2C1. The summed E-state index contributed by atoms with van der Waals surface area (Å²) in [4.78, 5) is 28.6. The van der Waals surface area contributed by atoms with Crippen LogP contribution in [-0.2, 0) is 35.5 Å². The highest BCUT2D eigenvalue weighted by atomic mass is 16.5. The number of hydrogen-bond donors (Lipinski definition) is 0. The van der Waals surface area contributed by atoms with Crippen molar-refractivity contribution in [3.8, 4) is 11.5 Å². The van der Waals surface area contributed by atoms with Gasteiger partial charge in [0.15, 0.2) is 11.5 Å². The zero-order chi connectivity index (χ0) is 28.3. The number of nitrogens with zero attached hydrogens (tertiary/aromatic N) is 3. The molecule has 41 heavy (non-hydrogen) atoms. The van der Waals surface area contributed by atoms with Crippen LogP contribution in [0.1, 0.15) is 35.2 Å². The van der Waals surface area contributed by atoms with Crippen LogP contribution in [0, 0.1) is 6.92 Å². The van der Waals surface area contributed by atoms with Gasteiger partial charge in [-0.05, 0) is 54.7 Å². The monoisotopic (exact) mass is 553 g/mol. The van der Waals surface area contributed by atoms with E-state index in [4.69, 9.17) is 14.2 Å². The number of hydrogen-bond acceptors (Lipinski definition) is 6. The van der Waals surface area contributed by atoms with Gasteiger partial charge in [0.05, 0.1) is 24.3 Å². The lowest BCUT2D eigenvalue weighted by molar-refractivity contribution is -0.134. The maximum absolute atomic E-state index is 13.7. The highest BCUT2D eigenvalue weighted by Gasteiger charge is 2.26. The predicted molar refractivity (Wildman–Crippen MR) is 156 cm³/mol. The molecule has 6 rings (SSSR count). The molecular weight excluding hydrogens is 518 g/mol. The van der Waals surface area contributed by atoms with Crippen molar-refractivity contribution in [1.82, 2.24) is 14.7 Å². The van der Waals surface area contributed by atoms with E-state index in [1.165, 1.54) is 15.8 Å². The molecule has 1 aliphatic heterocycles. The Morgan fingerprint density at radius 1 is 1.02 bits per heavy atom. The lowest BCUT2D eigenvalue weighted by Gasteiger charge is -2.26. The maximum Gasteiger partial charge on any atom is 0.275 e. The quantitative estimate of drug-likeness (QED) is 0.304. The van der Waals surface area contributed by atoms with Gasteiger partial charge in [-0.15, -0.1) is 0 Å². The summed E-state index contributed by atoms with van der Waals surface area (Å²) in [6.45, 7) is 3.21. The first-order valence-electron chi connectivity index (χ1n) is 14.2. The van der Waals surface area contributed by atoms with Crippen LogP contribution in [0.25, 0.3) is 10.8 Å². The van der Waals surface area contributed by atoms with Gasteiger partial charge in [0.2, 0.25) is 5.91 Å². The van der Waals surface area contributed by atoms with E-state index in [-0.39, 0.29) is 30.2 Å². The van der Waals surface area contributed by atoms with Crippen molar-refractivity contribution in [2.45, 2.75) is 57.9 Å². The number of ether oxygens (including phenoxy) is 3. The normalized spacial score (nSPS) is 16.6. The van der Waals surface area contributed by atoms with Gasteiger partial charge < -0.3 is 19.1 Å².